The second kappa shape index (κ2) is 5.32. The van der Waals surface area contributed by atoms with Crippen LogP contribution in [-0.4, -0.2) is 4.98 Å². The number of aromatic nitrogens is 1. The smallest absolute Gasteiger partial charge is 0.143 e. The van der Waals surface area contributed by atoms with Gasteiger partial charge in [0.05, 0.1) is 5.69 Å². The standard InChI is InChI=1S/C14H14BrNO/c1-10-8-13(15)16-11(2)14(10)17-9-12-6-4-3-5-7-12/h3-8H,9H2,1-2H3. The minimum absolute atomic E-state index is 0.575. The average molecular weight is 292 g/mol. The highest BCUT2D eigenvalue weighted by Gasteiger charge is 2.07. The molecule has 3 heteroatoms. The fourth-order valence-corrected chi connectivity index (χ4v) is 2.33. The van der Waals surface area contributed by atoms with E-state index in [1.54, 1.807) is 0 Å². The Bertz CT molecular complexity index is 488. The summed E-state index contributed by atoms with van der Waals surface area (Å²) in [4.78, 5) is 4.34. The fraction of sp³-hybridized carbons (Fsp3) is 0.214. The first-order chi connectivity index (χ1) is 8.16. The van der Waals surface area contributed by atoms with Crippen LogP contribution in [0.4, 0.5) is 0 Å². The number of rotatable bonds is 3. The first-order valence-electron chi connectivity index (χ1n) is 5.47. The molecule has 0 aliphatic rings. The van der Waals surface area contributed by atoms with Crippen molar-refractivity contribution in [3.05, 3.63) is 57.8 Å². The molecule has 0 saturated carbocycles. The van der Waals surface area contributed by atoms with Crippen molar-refractivity contribution in [3.63, 3.8) is 0 Å². The van der Waals surface area contributed by atoms with Crippen LogP contribution in [0.25, 0.3) is 0 Å². The minimum Gasteiger partial charge on any atom is -0.487 e. The summed E-state index contributed by atoms with van der Waals surface area (Å²) >= 11 is 3.38. The highest BCUT2D eigenvalue weighted by Crippen LogP contribution is 2.25. The zero-order valence-corrected chi connectivity index (χ0v) is 11.5. The third-order valence-electron chi connectivity index (χ3n) is 2.52. The van der Waals surface area contributed by atoms with Crippen LogP contribution in [0.1, 0.15) is 16.8 Å². The lowest BCUT2D eigenvalue weighted by Crippen LogP contribution is -2.00. The minimum atomic E-state index is 0.575. The quantitative estimate of drug-likeness (QED) is 0.796. The summed E-state index contributed by atoms with van der Waals surface area (Å²) in [5.41, 5.74) is 3.17. The molecule has 1 aromatic heterocycles. The van der Waals surface area contributed by atoms with Crippen LogP contribution < -0.4 is 4.74 Å². The molecule has 2 rings (SSSR count). The van der Waals surface area contributed by atoms with Gasteiger partial charge >= 0.3 is 0 Å². The second-order valence-electron chi connectivity index (χ2n) is 3.95. The molecule has 0 radical (unpaired) electrons. The van der Waals surface area contributed by atoms with Crippen LogP contribution in [0.2, 0.25) is 0 Å². The molecule has 0 saturated heterocycles. The van der Waals surface area contributed by atoms with Crippen molar-refractivity contribution < 1.29 is 4.74 Å². The van der Waals surface area contributed by atoms with Gasteiger partial charge in [0.15, 0.2) is 0 Å². The van der Waals surface area contributed by atoms with Crippen molar-refractivity contribution in [2.45, 2.75) is 20.5 Å². The topological polar surface area (TPSA) is 22.1 Å². The molecule has 88 valence electrons. The Morgan fingerprint density at radius 3 is 2.53 bits per heavy atom. The monoisotopic (exact) mass is 291 g/mol. The van der Waals surface area contributed by atoms with E-state index in [1.807, 2.05) is 38.1 Å². The predicted molar refractivity (Wildman–Crippen MR) is 72.2 cm³/mol. The highest BCUT2D eigenvalue weighted by atomic mass is 79.9. The van der Waals surface area contributed by atoms with Gasteiger partial charge in [0.2, 0.25) is 0 Å². The number of hydrogen-bond acceptors (Lipinski definition) is 2. The van der Waals surface area contributed by atoms with Crippen LogP contribution in [-0.2, 0) is 6.61 Å². The van der Waals surface area contributed by atoms with Gasteiger partial charge in [0, 0.05) is 0 Å². The van der Waals surface area contributed by atoms with Crippen LogP contribution in [0.5, 0.6) is 5.75 Å². The van der Waals surface area contributed by atoms with E-state index in [4.69, 9.17) is 4.74 Å². The Hall–Kier alpha value is -1.35. The molecule has 2 aromatic rings. The number of benzene rings is 1. The number of nitrogens with zero attached hydrogens (tertiary/aromatic N) is 1. The van der Waals surface area contributed by atoms with Crippen LogP contribution in [0, 0.1) is 13.8 Å². The number of halogens is 1. The summed E-state index contributed by atoms with van der Waals surface area (Å²) in [6.45, 7) is 4.56. The fourth-order valence-electron chi connectivity index (χ4n) is 1.72. The molecular weight excluding hydrogens is 278 g/mol. The van der Waals surface area contributed by atoms with E-state index in [9.17, 15) is 0 Å². The summed E-state index contributed by atoms with van der Waals surface area (Å²) in [6.07, 6.45) is 0. The SMILES string of the molecule is Cc1cc(Br)nc(C)c1OCc1ccccc1. The maximum atomic E-state index is 5.83. The molecule has 0 N–H and O–H groups in total. The van der Waals surface area contributed by atoms with Crippen LogP contribution >= 0.6 is 15.9 Å². The van der Waals surface area contributed by atoms with E-state index in [0.717, 1.165) is 27.2 Å². The zero-order chi connectivity index (χ0) is 12.3. The Labute approximate surface area is 110 Å². The highest BCUT2D eigenvalue weighted by molar-refractivity contribution is 9.10. The Morgan fingerprint density at radius 2 is 1.88 bits per heavy atom. The second-order valence-corrected chi connectivity index (χ2v) is 4.76. The largest absolute Gasteiger partial charge is 0.487 e. The summed E-state index contributed by atoms with van der Waals surface area (Å²) in [5, 5.41) is 0. The molecule has 1 aromatic carbocycles. The van der Waals surface area contributed by atoms with E-state index >= 15 is 0 Å². The molecule has 2 nitrogen and oxygen atoms in total. The predicted octanol–water partition coefficient (Wildman–Crippen LogP) is 4.04. The molecule has 0 atom stereocenters. The van der Waals surface area contributed by atoms with Gasteiger partial charge in [0.1, 0.15) is 17.0 Å². The van der Waals surface area contributed by atoms with Crippen molar-refractivity contribution in [3.8, 4) is 5.75 Å². The van der Waals surface area contributed by atoms with Crippen molar-refractivity contribution in [1.82, 2.24) is 4.98 Å². The van der Waals surface area contributed by atoms with Gasteiger partial charge in [-0.25, -0.2) is 4.98 Å². The van der Waals surface area contributed by atoms with Gasteiger partial charge in [-0.05, 0) is 47.0 Å². The van der Waals surface area contributed by atoms with E-state index < -0.39 is 0 Å². The van der Waals surface area contributed by atoms with Crippen molar-refractivity contribution in [2.75, 3.05) is 0 Å². The third kappa shape index (κ3) is 3.07. The van der Waals surface area contributed by atoms with E-state index in [1.165, 1.54) is 0 Å². The molecule has 0 unspecified atom stereocenters. The lowest BCUT2D eigenvalue weighted by molar-refractivity contribution is 0.300. The van der Waals surface area contributed by atoms with Gasteiger partial charge < -0.3 is 4.74 Å². The maximum Gasteiger partial charge on any atom is 0.143 e. The Kier molecular flexibility index (Phi) is 3.79. The summed E-state index contributed by atoms with van der Waals surface area (Å²) in [6, 6.07) is 12.1. The normalized spacial score (nSPS) is 10.3. The molecule has 1 heterocycles. The zero-order valence-electron chi connectivity index (χ0n) is 9.90. The molecule has 0 aliphatic carbocycles. The number of pyridine rings is 1. The van der Waals surface area contributed by atoms with E-state index in [2.05, 4.69) is 33.0 Å². The summed E-state index contributed by atoms with van der Waals surface area (Å²) in [5.74, 6) is 0.872. The van der Waals surface area contributed by atoms with Crippen LogP contribution in [0.15, 0.2) is 41.0 Å². The van der Waals surface area contributed by atoms with Gasteiger partial charge in [-0.2, -0.15) is 0 Å². The number of aryl methyl sites for hydroxylation is 2. The lowest BCUT2D eigenvalue weighted by Gasteiger charge is -2.11. The Morgan fingerprint density at radius 1 is 1.18 bits per heavy atom. The van der Waals surface area contributed by atoms with Gasteiger partial charge in [-0.15, -0.1) is 0 Å². The molecule has 0 spiro atoms. The van der Waals surface area contributed by atoms with Gasteiger partial charge in [-0.3, -0.25) is 0 Å². The summed E-state index contributed by atoms with van der Waals surface area (Å²) in [7, 11) is 0. The Balaban J connectivity index is 2.15. The summed E-state index contributed by atoms with van der Waals surface area (Å²) < 4.78 is 6.67. The number of hydrogen-bond donors (Lipinski definition) is 0. The van der Waals surface area contributed by atoms with Gasteiger partial charge in [-0.1, -0.05) is 30.3 Å². The molecule has 17 heavy (non-hydrogen) atoms. The average Bonchev–Trinajstić information content (AvgIpc) is 2.29. The van der Waals surface area contributed by atoms with Crippen molar-refractivity contribution in [1.29, 1.82) is 0 Å². The van der Waals surface area contributed by atoms with E-state index in [-0.39, 0.29) is 0 Å². The van der Waals surface area contributed by atoms with E-state index in [0.29, 0.717) is 6.61 Å². The number of ether oxygens (including phenoxy) is 1. The van der Waals surface area contributed by atoms with Crippen molar-refractivity contribution in [2.24, 2.45) is 0 Å². The molecule has 0 aliphatic heterocycles. The first kappa shape index (κ1) is 12.1. The molecular formula is C14H14BrNO. The van der Waals surface area contributed by atoms with Crippen molar-refractivity contribution >= 4 is 15.9 Å². The van der Waals surface area contributed by atoms with Crippen LogP contribution in [0.3, 0.4) is 0 Å². The molecule has 0 fully saturated rings. The molecule has 0 bridgehead atoms. The maximum absolute atomic E-state index is 5.83. The first-order valence-corrected chi connectivity index (χ1v) is 6.26. The lowest BCUT2D eigenvalue weighted by atomic mass is 10.2. The third-order valence-corrected chi connectivity index (χ3v) is 2.93. The molecule has 0 amide bonds. The van der Waals surface area contributed by atoms with Gasteiger partial charge in [0.25, 0.3) is 0 Å².